The van der Waals surface area contributed by atoms with E-state index in [0.717, 1.165) is 26.2 Å². The van der Waals surface area contributed by atoms with Gasteiger partial charge in [-0.3, -0.25) is 4.79 Å². The molecule has 4 aromatic rings. The lowest BCUT2D eigenvalue weighted by Crippen LogP contribution is -2.40. The lowest BCUT2D eigenvalue weighted by Gasteiger charge is -2.23. The molecule has 0 unspecified atom stereocenters. The van der Waals surface area contributed by atoms with Crippen LogP contribution in [-0.2, 0) is 27.9 Å². The molecule has 4 aromatic carbocycles. The topological polar surface area (TPSA) is 66.5 Å². The first-order valence-electron chi connectivity index (χ1n) is 11.0. The van der Waals surface area contributed by atoms with Crippen molar-refractivity contribution < 1.29 is 13.2 Å². The van der Waals surface area contributed by atoms with Crippen LogP contribution in [0, 0.1) is 6.92 Å². The zero-order valence-corrected chi connectivity index (χ0v) is 21.4. The number of rotatable bonds is 8. The first kappa shape index (κ1) is 25.2. The van der Waals surface area contributed by atoms with E-state index in [9.17, 15) is 13.2 Å². The second kappa shape index (κ2) is 10.8. The van der Waals surface area contributed by atoms with Crippen LogP contribution in [0.3, 0.4) is 0 Å². The van der Waals surface area contributed by atoms with Crippen molar-refractivity contribution in [2.45, 2.75) is 24.9 Å². The van der Waals surface area contributed by atoms with Gasteiger partial charge in [-0.1, -0.05) is 89.4 Å². The van der Waals surface area contributed by atoms with Crippen molar-refractivity contribution in [3.63, 3.8) is 0 Å². The molecule has 0 bridgehead atoms. The van der Waals surface area contributed by atoms with Gasteiger partial charge in [0, 0.05) is 23.1 Å². The van der Waals surface area contributed by atoms with Crippen LogP contribution in [0.1, 0.15) is 16.7 Å². The third-order valence-electron chi connectivity index (χ3n) is 5.70. The van der Waals surface area contributed by atoms with Gasteiger partial charge in [-0.05, 0) is 53.1 Å². The summed E-state index contributed by atoms with van der Waals surface area (Å²) in [6.07, 6.45) is 0. The van der Waals surface area contributed by atoms with Gasteiger partial charge in [-0.25, -0.2) is 8.42 Å². The number of amides is 1. The maximum Gasteiger partial charge on any atom is 0.243 e. The third kappa shape index (κ3) is 6.03. The Morgan fingerprint density at radius 2 is 1.60 bits per heavy atom. The number of carbonyl (C=O) groups excluding carboxylic acids is 1. The molecule has 0 aromatic heterocycles. The number of hydrogen-bond donors (Lipinski definition) is 1. The summed E-state index contributed by atoms with van der Waals surface area (Å²) in [6, 6.07) is 25.2. The summed E-state index contributed by atoms with van der Waals surface area (Å²) >= 11 is 12.3. The number of fused-ring (bicyclic) bond motifs is 1. The third-order valence-corrected chi connectivity index (χ3v) is 8.09. The quantitative estimate of drug-likeness (QED) is 0.308. The molecule has 180 valence electrons. The molecule has 35 heavy (non-hydrogen) atoms. The smallest absolute Gasteiger partial charge is 0.243 e. The molecule has 0 spiro atoms. The molecule has 5 nitrogen and oxygen atoms in total. The van der Waals surface area contributed by atoms with Crippen molar-refractivity contribution in [3.05, 3.63) is 112 Å². The predicted octanol–water partition coefficient (Wildman–Crippen LogP) is 5.96. The number of benzene rings is 4. The molecule has 4 rings (SSSR count). The number of nitrogens with one attached hydrogen (secondary N) is 1. The molecular formula is C27H24Cl2N2O3S. The van der Waals surface area contributed by atoms with Crippen LogP contribution in [0.15, 0.2) is 89.8 Å². The van der Waals surface area contributed by atoms with E-state index in [1.54, 1.807) is 30.3 Å². The Kier molecular flexibility index (Phi) is 7.77. The lowest BCUT2D eigenvalue weighted by molar-refractivity contribution is -0.121. The second-order valence-electron chi connectivity index (χ2n) is 8.24. The summed E-state index contributed by atoms with van der Waals surface area (Å²) in [6.45, 7) is 1.72. The van der Waals surface area contributed by atoms with E-state index in [0.29, 0.717) is 15.6 Å². The van der Waals surface area contributed by atoms with Gasteiger partial charge in [-0.15, -0.1) is 0 Å². The molecule has 1 amide bonds. The normalized spacial score (nSPS) is 11.7. The van der Waals surface area contributed by atoms with E-state index in [4.69, 9.17) is 23.2 Å². The Balaban J connectivity index is 1.57. The Morgan fingerprint density at radius 1 is 0.886 bits per heavy atom. The van der Waals surface area contributed by atoms with Gasteiger partial charge in [0.1, 0.15) is 0 Å². The second-order valence-corrected chi connectivity index (χ2v) is 11.0. The van der Waals surface area contributed by atoms with Crippen LogP contribution in [0.2, 0.25) is 10.0 Å². The number of aryl methyl sites for hydroxylation is 1. The number of halogens is 2. The van der Waals surface area contributed by atoms with E-state index in [1.165, 1.54) is 12.1 Å². The van der Waals surface area contributed by atoms with Crippen molar-refractivity contribution in [2.75, 3.05) is 6.54 Å². The van der Waals surface area contributed by atoms with Crippen molar-refractivity contribution in [3.8, 4) is 0 Å². The summed E-state index contributed by atoms with van der Waals surface area (Å²) in [4.78, 5) is 13.1. The SMILES string of the molecule is Cc1ccc(S(=O)(=O)N(CC(=O)NCc2cccc3ccccc23)Cc2ccc(Cl)cc2Cl)cc1. The van der Waals surface area contributed by atoms with Crippen molar-refractivity contribution in [2.24, 2.45) is 0 Å². The molecule has 0 saturated heterocycles. The fourth-order valence-electron chi connectivity index (χ4n) is 3.78. The molecule has 0 heterocycles. The van der Waals surface area contributed by atoms with Crippen LogP contribution in [0.4, 0.5) is 0 Å². The Bertz CT molecular complexity index is 1470. The minimum absolute atomic E-state index is 0.0755. The lowest BCUT2D eigenvalue weighted by atomic mass is 10.0. The standard InChI is InChI=1S/C27H24Cl2N2O3S/c1-19-9-13-24(14-10-19)35(33,34)31(17-22-11-12-23(28)15-26(22)29)18-27(32)30-16-21-7-4-6-20-5-2-3-8-25(20)21/h2-15H,16-18H2,1H3,(H,30,32). The van der Waals surface area contributed by atoms with E-state index in [-0.39, 0.29) is 24.5 Å². The van der Waals surface area contributed by atoms with Crippen LogP contribution >= 0.6 is 23.2 Å². The maximum atomic E-state index is 13.5. The molecule has 0 saturated carbocycles. The minimum atomic E-state index is -3.97. The van der Waals surface area contributed by atoms with Gasteiger partial charge in [0.2, 0.25) is 15.9 Å². The highest BCUT2D eigenvalue weighted by molar-refractivity contribution is 7.89. The number of nitrogens with zero attached hydrogens (tertiary/aromatic N) is 1. The highest BCUT2D eigenvalue weighted by Gasteiger charge is 2.27. The zero-order chi connectivity index (χ0) is 25.0. The molecular weight excluding hydrogens is 503 g/mol. The van der Waals surface area contributed by atoms with Crippen LogP contribution < -0.4 is 5.32 Å². The van der Waals surface area contributed by atoms with Crippen molar-refractivity contribution >= 4 is 49.9 Å². The van der Waals surface area contributed by atoms with Crippen LogP contribution in [0.25, 0.3) is 10.8 Å². The molecule has 0 atom stereocenters. The predicted molar refractivity (Wildman–Crippen MR) is 141 cm³/mol. The molecule has 0 aliphatic carbocycles. The van der Waals surface area contributed by atoms with E-state index >= 15 is 0 Å². The Hall–Kier alpha value is -2.90. The first-order valence-corrected chi connectivity index (χ1v) is 13.2. The summed E-state index contributed by atoms with van der Waals surface area (Å²) in [5, 5.41) is 5.74. The van der Waals surface area contributed by atoms with Gasteiger partial charge >= 0.3 is 0 Å². The fraction of sp³-hybridized carbons (Fsp3) is 0.148. The van der Waals surface area contributed by atoms with Gasteiger partial charge < -0.3 is 5.32 Å². The van der Waals surface area contributed by atoms with Gasteiger partial charge in [0.25, 0.3) is 0 Å². The Labute approximate surface area is 215 Å². The van der Waals surface area contributed by atoms with Gasteiger partial charge in [0.15, 0.2) is 0 Å². The van der Waals surface area contributed by atoms with Gasteiger partial charge in [-0.2, -0.15) is 4.31 Å². The van der Waals surface area contributed by atoms with E-state index < -0.39 is 15.9 Å². The number of hydrogen-bond acceptors (Lipinski definition) is 3. The fourth-order valence-corrected chi connectivity index (χ4v) is 5.62. The zero-order valence-electron chi connectivity index (χ0n) is 19.0. The summed E-state index contributed by atoms with van der Waals surface area (Å²) in [5.74, 6) is -0.418. The highest BCUT2D eigenvalue weighted by atomic mass is 35.5. The average molecular weight is 527 g/mol. The number of carbonyl (C=O) groups is 1. The highest BCUT2D eigenvalue weighted by Crippen LogP contribution is 2.25. The largest absolute Gasteiger partial charge is 0.351 e. The van der Waals surface area contributed by atoms with Crippen LogP contribution in [-0.4, -0.2) is 25.2 Å². The first-order chi connectivity index (χ1) is 16.7. The van der Waals surface area contributed by atoms with E-state index in [2.05, 4.69) is 5.32 Å². The molecule has 0 radical (unpaired) electrons. The Morgan fingerprint density at radius 3 is 2.34 bits per heavy atom. The molecule has 8 heteroatoms. The monoisotopic (exact) mass is 526 g/mol. The minimum Gasteiger partial charge on any atom is -0.351 e. The summed E-state index contributed by atoms with van der Waals surface area (Å²) < 4.78 is 28.1. The summed E-state index contributed by atoms with van der Waals surface area (Å²) in [5.41, 5.74) is 2.43. The summed E-state index contributed by atoms with van der Waals surface area (Å²) in [7, 11) is -3.97. The van der Waals surface area contributed by atoms with Crippen LogP contribution in [0.5, 0.6) is 0 Å². The molecule has 1 N–H and O–H groups in total. The molecule has 0 aliphatic rings. The average Bonchev–Trinajstić information content (AvgIpc) is 2.84. The van der Waals surface area contributed by atoms with Gasteiger partial charge in [0.05, 0.1) is 11.4 Å². The number of sulfonamides is 1. The van der Waals surface area contributed by atoms with Crippen molar-refractivity contribution in [1.29, 1.82) is 0 Å². The van der Waals surface area contributed by atoms with E-state index in [1.807, 2.05) is 49.4 Å². The molecule has 0 aliphatic heterocycles. The van der Waals surface area contributed by atoms with Crippen molar-refractivity contribution in [1.82, 2.24) is 9.62 Å². The molecule has 0 fully saturated rings. The maximum absolute atomic E-state index is 13.5.